The first kappa shape index (κ1) is 23.8. The van der Waals surface area contributed by atoms with Gasteiger partial charge in [0.05, 0.1) is 12.9 Å². The summed E-state index contributed by atoms with van der Waals surface area (Å²) in [7, 11) is -1.89. The molecule has 2 aromatic rings. The van der Waals surface area contributed by atoms with Crippen molar-refractivity contribution >= 4 is 33.2 Å². The van der Waals surface area contributed by atoms with Gasteiger partial charge in [0.2, 0.25) is 21.8 Å². The molecule has 2 aliphatic rings. The number of imide groups is 1. The summed E-state index contributed by atoms with van der Waals surface area (Å²) in [5, 5.41) is 10.6. The Morgan fingerprint density at radius 3 is 2.36 bits per heavy atom. The van der Waals surface area contributed by atoms with E-state index in [1.807, 2.05) is 24.3 Å². The summed E-state index contributed by atoms with van der Waals surface area (Å²) in [5.41, 5.74) is 1.13. The maximum atomic E-state index is 12.8. The van der Waals surface area contributed by atoms with E-state index in [4.69, 9.17) is 4.74 Å². The van der Waals surface area contributed by atoms with E-state index in [1.54, 1.807) is 18.4 Å². The Balaban J connectivity index is 1.29. The number of benzene rings is 1. The number of likely N-dealkylation sites (tertiary alicyclic amines) is 1. The molecule has 3 heterocycles. The van der Waals surface area contributed by atoms with Crippen molar-refractivity contribution in [3.63, 3.8) is 0 Å². The molecule has 0 unspecified atom stereocenters. The highest BCUT2D eigenvalue weighted by Crippen LogP contribution is 2.32. The number of carbonyl (C=O) groups excluding carboxylic acids is 2. The second-order valence-electron chi connectivity index (χ2n) is 8.34. The second kappa shape index (κ2) is 10.3. The average molecular weight is 493 g/mol. The number of nitrogens with zero attached hydrogens (tertiary/aromatic N) is 4. The van der Waals surface area contributed by atoms with Gasteiger partial charge in [-0.15, -0.1) is 21.5 Å². The number of ether oxygens (including phenoxy) is 1. The van der Waals surface area contributed by atoms with Crippen molar-refractivity contribution in [3.05, 3.63) is 39.8 Å². The summed E-state index contributed by atoms with van der Waals surface area (Å²) < 4.78 is 32.2. The predicted octanol–water partition coefficient (Wildman–Crippen LogP) is 2.19. The lowest BCUT2D eigenvalue weighted by molar-refractivity contribution is -0.147. The van der Waals surface area contributed by atoms with Crippen LogP contribution in [0.25, 0.3) is 0 Å². The van der Waals surface area contributed by atoms with Crippen LogP contribution >= 0.6 is 11.3 Å². The third-order valence-electron chi connectivity index (χ3n) is 6.15. The number of sulfonamides is 1. The highest BCUT2D eigenvalue weighted by atomic mass is 32.2. The number of methoxy groups -OCH3 is 1. The van der Waals surface area contributed by atoms with E-state index < -0.39 is 10.0 Å². The SMILES string of the molecule is COc1ccc(Cc2nnc(C3CCN(S(=O)(=O)CCN4C(=O)CCCC4=O)CC3)s2)cc1. The molecule has 2 fully saturated rings. The minimum Gasteiger partial charge on any atom is -0.497 e. The van der Waals surface area contributed by atoms with Gasteiger partial charge in [-0.2, -0.15) is 0 Å². The first-order valence-corrected chi connectivity index (χ1v) is 13.5. The number of hydrogen-bond acceptors (Lipinski definition) is 8. The Hall–Kier alpha value is -2.37. The normalized spacial score (nSPS) is 18.6. The van der Waals surface area contributed by atoms with Gasteiger partial charge in [-0.1, -0.05) is 12.1 Å². The molecule has 0 atom stereocenters. The number of aromatic nitrogens is 2. The van der Waals surface area contributed by atoms with Crippen molar-refractivity contribution in [3.8, 4) is 5.75 Å². The molecule has 33 heavy (non-hydrogen) atoms. The van der Waals surface area contributed by atoms with Gasteiger partial charge in [0, 0.05) is 44.8 Å². The lowest BCUT2D eigenvalue weighted by atomic mass is 9.99. The van der Waals surface area contributed by atoms with Gasteiger partial charge >= 0.3 is 0 Å². The highest BCUT2D eigenvalue weighted by molar-refractivity contribution is 7.89. The molecule has 2 amide bonds. The zero-order valence-corrected chi connectivity index (χ0v) is 20.2. The second-order valence-corrected chi connectivity index (χ2v) is 11.5. The molecule has 178 valence electrons. The third-order valence-corrected chi connectivity index (χ3v) is 9.09. The fraction of sp³-hybridized carbons (Fsp3) is 0.545. The molecule has 11 heteroatoms. The molecule has 2 aliphatic heterocycles. The lowest BCUT2D eigenvalue weighted by Gasteiger charge is -2.31. The highest BCUT2D eigenvalue weighted by Gasteiger charge is 2.32. The third kappa shape index (κ3) is 5.77. The van der Waals surface area contributed by atoms with E-state index in [9.17, 15) is 18.0 Å². The van der Waals surface area contributed by atoms with Crippen LogP contribution in [0, 0.1) is 0 Å². The molecular formula is C22H28N4O5S2. The zero-order valence-electron chi connectivity index (χ0n) is 18.6. The molecule has 9 nitrogen and oxygen atoms in total. The molecule has 1 aromatic carbocycles. The number of carbonyl (C=O) groups is 2. The minimum absolute atomic E-state index is 0.0644. The predicted molar refractivity (Wildman–Crippen MR) is 124 cm³/mol. The van der Waals surface area contributed by atoms with Gasteiger partial charge in [0.15, 0.2) is 0 Å². The summed E-state index contributed by atoms with van der Waals surface area (Å²) in [6.07, 6.45) is 3.21. The molecule has 0 aliphatic carbocycles. The van der Waals surface area contributed by atoms with Gasteiger partial charge in [-0.3, -0.25) is 14.5 Å². The van der Waals surface area contributed by atoms with E-state index in [-0.39, 0.29) is 30.0 Å². The van der Waals surface area contributed by atoms with Crippen LogP contribution in [0.1, 0.15) is 53.6 Å². The maximum absolute atomic E-state index is 12.8. The fourth-order valence-corrected chi connectivity index (χ4v) is 6.67. The van der Waals surface area contributed by atoms with E-state index in [2.05, 4.69) is 10.2 Å². The van der Waals surface area contributed by atoms with Crippen molar-refractivity contribution in [1.82, 2.24) is 19.4 Å². The summed E-state index contributed by atoms with van der Waals surface area (Å²) >= 11 is 1.58. The number of rotatable bonds is 8. The quantitative estimate of drug-likeness (QED) is 0.520. The number of piperidine rings is 2. The summed E-state index contributed by atoms with van der Waals surface area (Å²) in [4.78, 5) is 24.9. The lowest BCUT2D eigenvalue weighted by Crippen LogP contribution is -2.46. The maximum Gasteiger partial charge on any atom is 0.229 e. The van der Waals surface area contributed by atoms with Gasteiger partial charge in [0.25, 0.3) is 0 Å². The molecule has 1 aromatic heterocycles. The van der Waals surface area contributed by atoms with Crippen LogP contribution in [-0.4, -0.2) is 72.1 Å². The van der Waals surface area contributed by atoms with Crippen LogP contribution in [0.3, 0.4) is 0 Å². The van der Waals surface area contributed by atoms with Crippen molar-refractivity contribution in [2.75, 3.05) is 32.5 Å². The van der Waals surface area contributed by atoms with Gasteiger partial charge in [0.1, 0.15) is 15.8 Å². The van der Waals surface area contributed by atoms with Crippen molar-refractivity contribution in [2.45, 2.75) is 44.4 Å². The van der Waals surface area contributed by atoms with Gasteiger partial charge in [-0.05, 0) is 37.0 Å². The largest absolute Gasteiger partial charge is 0.497 e. The molecular weight excluding hydrogens is 464 g/mol. The molecule has 0 radical (unpaired) electrons. The molecule has 2 saturated heterocycles. The average Bonchev–Trinajstić information content (AvgIpc) is 3.28. The fourth-order valence-electron chi connectivity index (χ4n) is 4.19. The Labute approximate surface area is 197 Å². The number of hydrogen-bond donors (Lipinski definition) is 0. The Morgan fingerprint density at radius 2 is 1.73 bits per heavy atom. The van der Waals surface area contributed by atoms with E-state index in [0.717, 1.165) is 26.2 Å². The topological polar surface area (TPSA) is 110 Å². The summed E-state index contributed by atoms with van der Waals surface area (Å²) in [5.74, 6) is 0.222. The van der Waals surface area contributed by atoms with E-state index in [0.29, 0.717) is 51.6 Å². The standard InChI is InChI=1S/C22H28N4O5S2/c1-31-18-7-5-16(6-8-18)15-19-23-24-22(32-19)17-9-11-25(12-10-17)33(29,30)14-13-26-20(27)3-2-4-21(26)28/h5-8,17H,2-4,9-15H2,1H3. The van der Waals surface area contributed by atoms with Crippen LogP contribution < -0.4 is 4.74 Å². The first-order chi connectivity index (χ1) is 15.9. The minimum atomic E-state index is -3.53. The van der Waals surface area contributed by atoms with Crippen LogP contribution in [0.5, 0.6) is 5.75 Å². The van der Waals surface area contributed by atoms with Gasteiger partial charge in [-0.25, -0.2) is 12.7 Å². The van der Waals surface area contributed by atoms with E-state index >= 15 is 0 Å². The van der Waals surface area contributed by atoms with Crippen LogP contribution in [0.2, 0.25) is 0 Å². The van der Waals surface area contributed by atoms with Crippen molar-refractivity contribution in [2.24, 2.45) is 0 Å². The molecule has 0 saturated carbocycles. The molecule has 0 bridgehead atoms. The summed E-state index contributed by atoms with van der Waals surface area (Å²) in [6, 6.07) is 7.86. The molecule has 0 N–H and O–H groups in total. The zero-order chi connectivity index (χ0) is 23.4. The monoisotopic (exact) mass is 492 g/mol. The molecule has 0 spiro atoms. The van der Waals surface area contributed by atoms with Crippen LogP contribution in [0.4, 0.5) is 0 Å². The van der Waals surface area contributed by atoms with Crippen molar-refractivity contribution < 1.29 is 22.7 Å². The first-order valence-electron chi connectivity index (χ1n) is 11.1. The van der Waals surface area contributed by atoms with Gasteiger partial charge < -0.3 is 4.74 Å². The van der Waals surface area contributed by atoms with Crippen LogP contribution in [0.15, 0.2) is 24.3 Å². The van der Waals surface area contributed by atoms with Crippen LogP contribution in [-0.2, 0) is 26.0 Å². The Morgan fingerprint density at radius 1 is 1.06 bits per heavy atom. The van der Waals surface area contributed by atoms with Crippen molar-refractivity contribution in [1.29, 1.82) is 0 Å². The summed E-state index contributed by atoms with van der Waals surface area (Å²) in [6.45, 7) is 0.746. The number of amides is 2. The Bertz CT molecular complexity index is 1080. The molecule has 4 rings (SSSR count). The Kier molecular flexibility index (Phi) is 7.40. The van der Waals surface area contributed by atoms with E-state index in [1.165, 1.54) is 4.31 Å². The smallest absolute Gasteiger partial charge is 0.229 e.